The van der Waals surface area contributed by atoms with Gasteiger partial charge in [-0.3, -0.25) is 10.1 Å². The summed E-state index contributed by atoms with van der Waals surface area (Å²) >= 11 is 0. The van der Waals surface area contributed by atoms with E-state index in [1.807, 2.05) is 0 Å². The van der Waals surface area contributed by atoms with Crippen LogP contribution in [0.1, 0.15) is 58.3 Å². The van der Waals surface area contributed by atoms with E-state index in [1.165, 1.54) is 38.5 Å². The number of hydrogen-bond donors (Lipinski definition) is 1. The van der Waals surface area contributed by atoms with Crippen LogP contribution in [-0.2, 0) is 4.79 Å². The molecule has 96 valence electrons. The molecule has 0 aromatic carbocycles. The minimum absolute atomic E-state index is 0.119. The Morgan fingerprint density at radius 3 is 2.59 bits per heavy atom. The molecule has 1 spiro atoms. The molecule has 2 saturated carbocycles. The molecule has 1 aliphatic heterocycles. The molecule has 1 N–H and O–H groups in total. The van der Waals surface area contributed by atoms with E-state index in [-0.39, 0.29) is 11.7 Å². The molecule has 0 aromatic heterocycles. The first kappa shape index (κ1) is 11.5. The number of carbonyl (C=O) groups excluding carboxylic acids is 1. The molecular weight excluding hydrogens is 212 g/mol. The second-order valence-corrected chi connectivity index (χ2v) is 6.19. The normalized spacial score (nSPS) is 32.4. The van der Waals surface area contributed by atoms with Gasteiger partial charge in [-0.25, -0.2) is 0 Å². The molecule has 3 rings (SSSR count). The standard InChI is InChI=1S/C14H24N2O/c1-11-15-14(8-9-14)13(17)16(11)10-7-12-5-3-2-4-6-12/h11-12,15H,2-10H2,1H3. The lowest BCUT2D eigenvalue weighted by molar-refractivity contribution is -0.130. The minimum Gasteiger partial charge on any atom is -0.326 e. The highest BCUT2D eigenvalue weighted by molar-refractivity contribution is 5.91. The fourth-order valence-corrected chi connectivity index (χ4v) is 3.57. The van der Waals surface area contributed by atoms with E-state index in [1.54, 1.807) is 0 Å². The summed E-state index contributed by atoms with van der Waals surface area (Å²) in [5.74, 6) is 1.25. The summed E-state index contributed by atoms with van der Waals surface area (Å²) in [5.41, 5.74) is -0.119. The van der Waals surface area contributed by atoms with Crippen LogP contribution in [0.3, 0.4) is 0 Å². The lowest BCUT2D eigenvalue weighted by atomic mass is 9.87. The second-order valence-electron chi connectivity index (χ2n) is 6.19. The summed E-state index contributed by atoms with van der Waals surface area (Å²) in [6.45, 7) is 3.10. The number of nitrogens with one attached hydrogen (secondary N) is 1. The van der Waals surface area contributed by atoms with Gasteiger partial charge in [-0.2, -0.15) is 0 Å². The number of carbonyl (C=O) groups is 1. The molecule has 1 atom stereocenters. The molecule has 0 bridgehead atoms. The average molecular weight is 236 g/mol. The van der Waals surface area contributed by atoms with Crippen molar-refractivity contribution in [2.24, 2.45) is 5.92 Å². The van der Waals surface area contributed by atoms with Gasteiger partial charge in [0.1, 0.15) is 0 Å². The third kappa shape index (κ3) is 2.10. The largest absolute Gasteiger partial charge is 0.326 e. The van der Waals surface area contributed by atoms with Gasteiger partial charge in [0.05, 0.1) is 11.7 Å². The smallest absolute Gasteiger partial charge is 0.244 e. The van der Waals surface area contributed by atoms with Gasteiger partial charge in [0.25, 0.3) is 0 Å². The van der Waals surface area contributed by atoms with Crippen LogP contribution in [0, 0.1) is 5.92 Å². The van der Waals surface area contributed by atoms with Crippen molar-refractivity contribution in [3.05, 3.63) is 0 Å². The average Bonchev–Trinajstić information content (AvgIpc) is 3.06. The Hall–Kier alpha value is -0.570. The van der Waals surface area contributed by atoms with E-state index in [0.717, 1.165) is 25.3 Å². The van der Waals surface area contributed by atoms with Crippen LogP contribution < -0.4 is 5.32 Å². The second kappa shape index (κ2) is 4.27. The zero-order valence-corrected chi connectivity index (χ0v) is 10.9. The molecular formula is C14H24N2O. The Labute approximate surface area is 104 Å². The predicted octanol–water partition coefficient (Wildman–Crippen LogP) is 2.27. The molecule has 17 heavy (non-hydrogen) atoms. The van der Waals surface area contributed by atoms with Gasteiger partial charge in [-0.15, -0.1) is 0 Å². The van der Waals surface area contributed by atoms with Gasteiger partial charge in [-0.05, 0) is 32.1 Å². The van der Waals surface area contributed by atoms with E-state index < -0.39 is 0 Å². The van der Waals surface area contributed by atoms with Crippen molar-refractivity contribution in [3.8, 4) is 0 Å². The van der Waals surface area contributed by atoms with Crippen LogP contribution >= 0.6 is 0 Å². The molecule has 1 saturated heterocycles. The van der Waals surface area contributed by atoms with Gasteiger partial charge >= 0.3 is 0 Å². The fraction of sp³-hybridized carbons (Fsp3) is 0.929. The predicted molar refractivity (Wildman–Crippen MR) is 67.5 cm³/mol. The van der Waals surface area contributed by atoms with Crippen molar-refractivity contribution < 1.29 is 4.79 Å². The first-order chi connectivity index (χ1) is 8.21. The highest BCUT2D eigenvalue weighted by atomic mass is 16.2. The van der Waals surface area contributed by atoms with E-state index in [2.05, 4.69) is 17.1 Å². The first-order valence-electron chi connectivity index (χ1n) is 7.30. The van der Waals surface area contributed by atoms with Gasteiger partial charge in [0.15, 0.2) is 0 Å². The summed E-state index contributed by atoms with van der Waals surface area (Å²) in [7, 11) is 0. The lowest BCUT2D eigenvalue weighted by Gasteiger charge is -2.26. The summed E-state index contributed by atoms with van der Waals surface area (Å²) in [4.78, 5) is 14.3. The quantitative estimate of drug-likeness (QED) is 0.815. The van der Waals surface area contributed by atoms with Crippen molar-refractivity contribution >= 4 is 5.91 Å². The number of amides is 1. The van der Waals surface area contributed by atoms with Crippen molar-refractivity contribution in [3.63, 3.8) is 0 Å². The molecule has 3 aliphatic rings. The van der Waals surface area contributed by atoms with Crippen LogP contribution in [0.4, 0.5) is 0 Å². The van der Waals surface area contributed by atoms with Gasteiger partial charge < -0.3 is 4.90 Å². The SMILES string of the molecule is CC1NC2(CC2)C(=O)N1CCC1CCCCC1. The number of rotatable bonds is 3. The van der Waals surface area contributed by atoms with E-state index >= 15 is 0 Å². The van der Waals surface area contributed by atoms with Crippen LogP contribution in [0.5, 0.6) is 0 Å². The summed E-state index contributed by atoms with van der Waals surface area (Å²) in [5, 5.41) is 3.47. The maximum atomic E-state index is 12.2. The maximum absolute atomic E-state index is 12.2. The summed E-state index contributed by atoms with van der Waals surface area (Å²) in [6.07, 6.45) is 10.6. The molecule has 2 aliphatic carbocycles. The molecule has 0 radical (unpaired) electrons. The zero-order chi connectivity index (χ0) is 11.9. The molecule has 1 amide bonds. The first-order valence-corrected chi connectivity index (χ1v) is 7.30. The molecule has 1 unspecified atom stereocenters. The van der Waals surface area contributed by atoms with Gasteiger partial charge in [0.2, 0.25) is 5.91 Å². The third-order valence-corrected chi connectivity index (χ3v) is 4.88. The Morgan fingerprint density at radius 1 is 1.29 bits per heavy atom. The van der Waals surface area contributed by atoms with Gasteiger partial charge in [0, 0.05) is 6.54 Å². The molecule has 3 fully saturated rings. The Bertz CT molecular complexity index is 305. The maximum Gasteiger partial charge on any atom is 0.244 e. The molecule has 3 nitrogen and oxygen atoms in total. The Morgan fingerprint density at radius 2 is 2.00 bits per heavy atom. The van der Waals surface area contributed by atoms with Crippen LogP contribution in [0.25, 0.3) is 0 Å². The van der Waals surface area contributed by atoms with Crippen molar-refractivity contribution in [2.45, 2.75) is 70.0 Å². The van der Waals surface area contributed by atoms with E-state index in [0.29, 0.717) is 5.91 Å². The minimum atomic E-state index is -0.119. The van der Waals surface area contributed by atoms with Crippen LogP contribution in [0.2, 0.25) is 0 Å². The lowest BCUT2D eigenvalue weighted by Crippen LogP contribution is -2.36. The van der Waals surface area contributed by atoms with Crippen LogP contribution in [0.15, 0.2) is 0 Å². The summed E-state index contributed by atoms with van der Waals surface area (Å²) in [6, 6.07) is 0. The highest BCUT2D eigenvalue weighted by Crippen LogP contribution is 2.42. The monoisotopic (exact) mass is 236 g/mol. The highest BCUT2D eigenvalue weighted by Gasteiger charge is 2.57. The topological polar surface area (TPSA) is 32.3 Å². The number of nitrogens with zero attached hydrogens (tertiary/aromatic N) is 1. The number of hydrogen-bond acceptors (Lipinski definition) is 2. The molecule has 1 heterocycles. The summed E-state index contributed by atoms with van der Waals surface area (Å²) < 4.78 is 0. The van der Waals surface area contributed by atoms with Crippen molar-refractivity contribution in [1.82, 2.24) is 10.2 Å². The Kier molecular flexibility index (Phi) is 2.89. The van der Waals surface area contributed by atoms with Crippen molar-refractivity contribution in [1.29, 1.82) is 0 Å². The zero-order valence-electron chi connectivity index (χ0n) is 10.9. The van der Waals surface area contributed by atoms with Crippen molar-refractivity contribution in [2.75, 3.05) is 6.54 Å². The molecule has 3 heteroatoms. The van der Waals surface area contributed by atoms with Gasteiger partial charge in [-0.1, -0.05) is 32.1 Å². The van der Waals surface area contributed by atoms with E-state index in [4.69, 9.17) is 0 Å². The Balaban J connectivity index is 1.52. The third-order valence-electron chi connectivity index (χ3n) is 4.88. The fourth-order valence-electron chi connectivity index (χ4n) is 3.57. The van der Waals surface area contributed by atoms with Crippen LogP contribution in [-0.4, -0.2) is 29.1 Å². The van der Waals surface area contributed by atoms with E-state index in [9.17, 15) is 4.79 Å². The molecule has 0 aromatic rings.